The Kier molecular flexibility index (Phi) is 4.50. The summed E-state index contributed by atoms with van der Waals surface area (Å²) in [6.45, 7) is 0. The number of hydrogen-bond donors (Lipinski definition) is 0. The van der Waals surface area contributed by atoms with Crippen LogP contribution in [0, 0.1) is 0 Å². The molecule has 0 fully saturated rings. The minimum atomic E-state index is -0.129. The van der Waals surface area contributed by atoms with Crippen molar-refractivity contribution in [2.24, 2.45) is 14.1 Å². The summed E-state index contributed by atoms with van der Waals surface area (Å²) >= 11 is 0. The van der Waals surface area contributed by atoms with E-state index in [-0.39, 0.29) is 11.5 Å². The van der Waals surface area contributed by atoms with Crippen LogP contribution in [0.15, 0.2) is 59.7 Å². The molecular formula is C22H21N5O2. The Bertz CT molecular complexity index is 1300. The number of benzene rings is 2. The zero-order chi connectivity index (χ0) is 20.7. The van der Waals surface area contributed by atoms with Crippen LogP contribution in [0.25, 0.3) is 33.4 Å². The van der Waals surface area contributed by atoms with E-state index in [9.17, 15) is 9.59 Å². The maximum absolute atomic E-state index is 13.1. The largest absolute Gasteiger partial charge is 0.345 e. The summed E-state index contributed by atoms with van der Waals surface area (Å²) in [7, 11) is 6.98. The molecule has 0 spiro atoms. The van der Waals surface area contributed by atoms with E-state index in [0.717, 1.165) is 22.3 Å². The number of nitrogens with zero attached hydrogens (tertiary/aromatic N) is 5. The molecule has 0 unspecified atom stereocenters. The predicted molar refractivity (Wildman–Crippen MR) is 113 cm³/mol. The number of fused-ring (bicyclic) bond motifs is 1. The molecule has 0 bridgehead atoms. The summed E-state index contributed by atoms with van der Waals surface area (Å²) in [6, 6.07) is 12.9. The molecule has 0 aliphatic heterocycles. The highest BCUT2D eigenvalue weighted by Gasteiger charge is 2.21. The van der Waals surface area contributed by atoms with Crippen molar-refractivity contribution in [1.82, 2.24) is 24.2 Å². The van der Waals surface area contributed by atoms with Crippen molar-refractivity contribution in [3.63, 3.8) is 0 Å². The first-order valence-electron chi connectivity index (χ1n) is 9.17. The lowest BCUT2D eigenvalue weighted by Crippen LogP contribution is -2.21. The third kappa shape index (κ3) is 3.10. The van der Waals surface area contributed by atoms with Gasteiger partial charge in [-0.3, -0.25) is 28.9 Å². The Morgan fingerprint density at radius 1 is 0.897 bits per heavy atom. The van der Waals surface area contributed by atoms with E-state index in [0.29, 0.717) is 16.7 Å². The van der Waals surface area contributed by atoms with Gasteiger partial charge in [0.25, 0.3) is 11.5 Å². The van der Waals surface area contributed by atoms with Gasteiger partial charge in [-0.05, 0) is 29.8 Å². The number of carbonyl (C=O) groups is 1. The fraction of sp³-hybridized carbons (Fsp3) is 0.182. The molecule has 0 aliphatic rings. The fourth-order valence-corrected chi connectivity index (χ4v) is 3.48. The lowest BCUT2D eigenvalue weighted by Gasteiger charge is -2.12. The molecule has 4 aromatic rings. The lowest BCUT2D eigenvalue weighted by molar-refractivity contribution is 0.0827. The minimum Gasteiger partial charge on any atom is -0.345 e. The molecule has 29 heavy (non-hydrogen) atoms. The van der Waals surface area contributed by atoms with Crippen molar-refractivity contribution < 1.29 is 4.79 Å². The molecule has 0 radical (unpaired) electrons. The van der Waals surface area contributed by atoms with Crippen LogP contribution in [0.3, 0.4) is 0 Å². The van der Waals surface area contributed by atoms with E-state index < -0.39 is 0 Å². The average Bonchev–Trinajstić information content (AvgIpc) is 2.96. The van der Waals surface area contributed by atoms with Crippen molar-refractivity contribution in [1.29, 1.82) is 0 Å². The standard InChI is InChI=1S/C22H21N5O2/c1-25(2)21(28)16-7-5-6-14(12-16)19-20(26(3)27(4)22(19)29)15-8-9-17-18(13-15)24-11-10-23-17/h5-13H,1-4H3. The molecule has 4 rings (SSSR count). The van der Waals surface area contributed by atoms with Crippen LogP contribution in [-0.4, -0.2) is 44.2 Å². The van der Waals surface area contributed by atoms with Gasteiger partial charge in [0.2, 0.25) is 0 Å². The van der Waals surface area contributed by atoms with Crippen molar-refractivity contribution in [2.75, 3.05) is 14.1 Å². The van der Waals surface area contributed by atoms with Gasteiger partial charge < -0.3 is 4.90 Å². The Balaban J connectivity index is 1.96. The molecule has 7 heteroatoms. The van der Waals surface area contributed by atoms with Gasteiger partial charge in [0.15, 0.2) is 0 Å². The smallest absolute Gasteiger partial charge is 0.274 e. The van der Waals surface area contributed by atoms with E-state index in [1.807, 2.05) is 36.0 Å². The third-order valence-corrected chi connectivity index (χ3v) is 5.07. The normalized spacial score (nSPS) is 11.0. The molecule has 0 atom stereocenters. The van der Waals surface area contributed by atoms with Crippen molar-refractivity contribution in [3.05, 3.63) is 70.8 Å². The first-order valence-corrected chi connectivity index (χ1v) is 9.17. The number of amides is 1. The molecule has 0 aliphatic carbocycles. The molecule has 7 nitrogen and oxygen atoms in total. The van der Waals surface area contributed by atoms with Crippen LogP contribution in [0.1, 0.15) is 10.4 Å². The highest BCUT2D eigenvalue weighted by Crippen LogP contribution is 2.31. The van der Waals surface area contributed by atoms with E-state index in [2.05, 4.69) is 9.97 Å². The molecule has 2 aromatic heterocycles. The van der Waals surface area contributed by atoms with Gasteiger partial charge in [0.1, 0.15) is 0 Å². The Morgan fingerprint density at radius 3 is 2.34 bits per heavy atom. The summed E-state index contributed by atoms with van der Waals surface area (Å²) in [5.74, 6) is -0.109. The quantitative estimate of drug-likeness (QED) is 0.542. The summed E-state index contributed by atoms with van der Waals surface area (Å²) in [4.78, 5) is 35.7. The second kappa shape index (κ2) is 7.01. The van der Waals surface area contributed by atoms with E-state index in [4.69, 9.17) is 0 Å². The molecule has 0 saturated heterocycles. The molecule has 1 amide bonds. The highest BCUT2D eigenvalue weighted by molar-refractivity contribution is 5.96. The van der Waals surface area contributed by atoms with Gasteiger partial charge in [-0.15, -0.1) is 0 Å². The van der Waals surface area contributed by atoms with Crippen molar-refractivity contribution in [2.45, 2.75) is 0 Å². The SMILES string of the molecule is CN(C)C(=O)c1cccc(-c2c(-c3ccc4nccnc4c3)n(C)n(C)c2=O)c1. The Hall–Kier alpha value is -3.74. The van der Waals surface area contributed by atoms with Gasteiger partial charge in [-0.25, -0.2) is 0 Å². The summed E-state index contributed by atoms with van der Waals surface area (Å²) in [5, 5.41) is 0. The topological polar surface area (TPSA) is 73.0 Å². The number of carbonyl (C=O) groups excluding carboxylic acids is 1. The first-order chi connectivity index (χ1) is 13.9. The fourth-order valence-electron chi connectivity index (χ4n) is 3.48. The summed E-state index contributed by atoms with van der Waals surface area (Å²) < 4.78 is 3.38. The summed E-state index contributed by atoms with van der Waals surface area (Å²) in [5.41, 5.74) is 4.82. The molecule has 2 aromatic carbocycles. The second-order valence-electron chi connectivity index (χ2n) is 7.12. The van der Waals surface area contributed by atoms with Crippen LogP contribution in [0.5, 0.6) is 0 Å². The zero-order valence-corrected chi connectivity index (χ0v) is 16.7. The van der Waals surface area contributed by atoms with Crippen LogP contribution < -0.4 is 5.56 Å². The van der Waals surface area contributed by atoms with Gasteiger partial charge in [0.05, 0.1) is 22.3 Å². The Morgan fingerprint density at radius 2 is 1.62 bits per heavy atom. The number of hydrogen-bond acceptors (Lipinski definition) is 4. The van der Waals surface area contributed by atoms with Crippen LogP contribution in [0.2, 0.25) is 0 Å². The highest BCUT2D eigenvalue weighted by atomic mass is 16.2. The van der Waals surface area contributed by atoms with Gasteiger partial charge in [0, 0.05) is 51.7 Å². The van der Waals surface area contributed by atoms with E-state index in [1.165, 1.54) is 4.90 Å². The van der Waals surface area contributed by atoms with Gasteiger partial charge >= 0.3 is 0 Å². The van der Waals surface area contributed by atoms with E-state index >= 15 is 0 Å². The molecule has 146 valence electrons. The lowest BCUT2D eigenvalue weighted by atomic mass is 9.99. The van der Waals surface area contributed by atoms with Crippen LogP contribution >= 0.6 is 0 Å². The molecular weight excluding hydrogens is 366 g/mol. The van der Waals surface area contributed by atoms with E-state index in [1.54, 1.807) is 56.4 Å². The number of aromatic nitrogens is 4. The molecule has 0 N–H and O–H groups in total. The van der Waals surface area contributed by atoms with Crippen molar-refractivity contribution >= 4 is 16.9 Å². The predicted octanol–water partition coefficient (Wildman–Crippen LogP) is 2.70. The maximum atomic E-state index is 13.1. The minimum absolute atomic E-state index is 0.109. The average molecular weight is 387 g/mol. The second-order valence-corrected chi connectivity index (χ2v) is 7.12. The molecule has 0 saturated carbocycles. The van der Waals surface area contributed by atoms with Crippen LogP contribution in [-0.2, 0) is 14.1 Å². The zero-order valence-electron chi connectivity index (χ0n) is 16.7. The third-order valence-electron chi connectivity index (χ3n) is 5.07. The Labute approximate surface area is 167 Å². The molecule has 2 heterocycles. The van der Waals surface area contributed by atoms with Gasteiger partial charge in [-0.2, -0.15) is 0 Å². The van der Waals surface area contributed by atoms with Crippen molar-refractivity contribution in [3.8, 4) is 22.4 Å². The first kappa shape index (κ1) is 18.6. The number of rotatable bonds is 3. The maximum Gasteiger partial charge on any atom is 0.274 e. The van der Waals surface area contributed by atoms with Crippen LogP contribution in [0.4, 0.5) is 0 Å². The van der Waals surface area contributed by atoms with Gasteiger partial charge in [-0.1, -0.05) is 18.2 Å². The summed E-state index contributed by atoms with van der Waals surface area (Å²) in [6.07, 6.45) is 3.30. The monoisotopic (exact) mass is 387 g/mol.